The minimum Gasteiger partial charge on any atom is -0.488 e. The summed E-state index contributed by atoms with van der Waals surface area (Å²) in [6.07, 6.45) is 0.998. The Morgan fingerprint density at radius 2 is 2.39 bits per heavy atom. The molecule has 0 aliphatic carbocycles. The Kier molecular flexibility index (Phi) is 3.22. The van der Waals surface area contributed by atoms with Gasteiger partial charge in [0.2, 0.25) is 0 Å². The molecule has 2 unspecified atom stereocenters. The third-order valence-corrected chi connectivity index (χ3v) is 3.68. The van der Waals surface area contributed by atoms with Crippen LogP contribution in [-0.2, 0) is 6.42 Å². The fourth-order valence-electron chi connectivity index (χ4n) is 2.86. The van der Waals surface area contributed by atoms with E-state index in [1.54, 1.807) is 12.1 Å². The lowest BCUT2D eigenvalue weighted by Crippen LogP contribution is -2.51. The zero-order valence-corrected chi connectivity index (χ0v) is 10.7. The number of rotatable bonds is 2. The Balaban J connectivity index is 1.60. The van der Waals surface area contributed by atoms with Crippen LogP contribution < -0.4 is 10.1 Å². The van der Waals surface area contributed by atoms with Gasteiger partial charge in [-0.2, -0.15) is 0 Å². The summed E-state index contributed by atoms with van der Waals surface area (Å²) in [5.74, 6) is 0.679. The Bertz CT molecular complexity index is 438. The molecule has 98 valence electrons. The number of ether oxygens (including phenoxy) is 1. The summed E-state index contributed by atoms with van der Waals surface area (Å²) in [7, 11) is 0. The van der Waals surface area contributed by atoms with Crippen molar-refractivity contribution in [2.75, 3.05) is 26.2 Å². The molecule has 3 rings (SSSR count). The van der Waals surface area contributed by atoms with Crippen LogP contribution in [0.1, 0.15) is 12.5 Å². The van der Waals surface area contributed by atoms with E-state index in [1.165, 1.54) is 6.07 Å². The van der Waals surface area contributed by atoms with Gasteiger partial charge in [-0.05, 0) is 25.1 Å². The summed E-state index contributed by atoms with van der Waals surface area (Å²) in [5, 5.41) is 3.43. The lowest BCUT2D eigenvalue weighted by Gasteiger charge is -2.33. The Morgan fingerprint density at radius 3 is 3.22 bits per heavy atom. The van der Waals surface area contributed by atoms with E-state index in [9.17, 15) is 4.39 Å². The van der Waals surface area contributed by atoms with Crippen LogP contribution in [0.2, 0.25) is 0 Å². The molecule has 18 heavy (non-hydrogen) atoms. The van der Waals surface area contributed by atoms with E-state index in [2.05, 4.69) is 17.1 Å². The maximum absolute atomic E-state index is 13.1. The molecule has 0 radical (unpaired) electrons. The number of halogens is 1. The van der Waals surface area contributed by atoms with Crippen LogP contribution in [0.25, 0.3) is 0 Å². The predicted octanol–water partition coefficient (Wildman–Crippen LogP) is 1.42. The fraction of sp³-hybridized carbons (Fsp3) is 0.571. The molecule has 1 aromatic carbocycles. The van der Waals surface area contributed by atoms with E-state index in [1.807, 2.05) is 0 Å². The standard InChI is InChI=1S/C14H19FN2O/c1-10-8-17(5-4-16-10)9-13-7-11-6-12(15)2-3-14(11)18-13/h2-3,6,10,13,16H,4-5,7-9H2,1H3. The lowest BCUT2D eigenvalue weighted by atomic mass is 10.1. The van der Waals surface area contributed by atoms with E-state index in [4.69, 9.17) is 4.74 Å². The van der Waals surface area contributed by atoms with Gasteiger partial charge in [-0.25, -0.2) is 4.39 Å². The van der Waals surface area contributed by atoms with E-state index < -0.39 is 0 Å². The molecule has 2 aliphatic heterocycles. The SMILES string of the molecule is CC1CN(CC2Cc3cc(F)ccc3O2)CCN1. The minimum absolute atomic E-state index is 0.172. The number of nitrogens with zero attached hydrogens (tertiary/aromatic N) is 1. The first-order chi connectivity index (χ1) is 8.70. The van der Waals surface area contributed by atoms with E-state index in [-0.39, 0.29) is 11.9 Å². The molecule has 3 nitrogen and oxygen atoms in total. The van der Waals surface area contributed by atoms with Gasteiger partial charge in [0.05, 0.1) is 0 Å². The van der Waals surface area contributed by atoms with Crippen LogP contribution in [0.5, 0.6) is 5.75 Å². The Hall–Kier alpha value is -1.13. The van der Waals surface area contributed by atoms with Crippen molar-refractivity contribution in [1.29, 1.82) is 0 Å². The van der Waals surface area contributed by atoms with Crippen molar-refractivity contribution < 1.29 is 9.13 Å². The molecule has 0 bridgehead atoms. The van der Waals surface area contributed by atoms with Gasteiger partial charge in [0, 0.05) is 44.2 Å². The molecule has 2 aliphatic rings. The van der Waals surface area contributed by atoms with Crippen LogP contribution in [0.15, 0.2) is 18.2 Å². The average Bonchev–Trinajstić information content (AvgIpc) is 2.70. The molecule has 0 amide bonds. The first-order valence-corrected chi connectivity index (χ1v) is 6.61. The second kappa shape index (κ2) is 4.86. The van der Waals surface area contributed by atoms with Gasteiger partial charge < -0.3 is 10.1 Å². The van der Waals surface area contributed by atoms with Crippen molar-refractivity contribution in [3.05, 3.63) is 29.6 Å². The third kappa shape index (κ3) is 2.49. The van der Waals surface area contributed by atoms with Crippen molar-refractivity contribution in [2.24, 2.45) is 0 Å². The van der Waals surface area contributed by atoms with Gasteiger partial charge in [0.1, 0.15) is 17.7 Å². The molecule has 0 saturated carbocycles. The van der Waals surface area contributed by atoms with Crippen LogP contribution in [0.4, 0.5) is 4.39 Å². The van der Waals surface area contributed by atoms with Gasteiger partial charge in [0.15, 0.2) is 0 Å². The highest BCUT2D eigenvalue weighted by Crippen LogP contribution is 2.29. The van der Waals surface area contributed by atoms with Crippen LogP contribution in [0.3, 0.4) is 0 Å². The molecule has 1 saturated heterocycles. The van der Waals surface area contributed by atoms with Crippen molar-refractivity contribution in [3.63, 3.8) is 0 Å². The molecule has 2 atom stereocenters. The highest BCUT2D eigenvalue weighted by Gasteiger charge is 2.26. The quantitative estimate of drug-likeness (QED) is 0.859. The molecule has 0 spiro atoms. The maximum Gasteiger partial charge on any atom is 0.123 e. The first kappa shape index (κ1) is 11.9. The molecule has 4 heteroatoms. The van der Waals surface area contributed by atoms with Crippen LogP contribution in [0, 0.1) is 5.82 Å². The Morgan fingerprint density at radius 1 is 1.50 bits per heavy atom. The zero-order chi connectivity index (χ0) is 12.5. The number of piperazine rings is 1. The van der Waals surface area contributed by atoms with Gasteiger partial charge in [-0.1, -0.05) is 0 Å². The zero-order valence-electron chi connectivity index (χ0n) is 10.7. The van der Waals surface area contributed by atoms with Gasteiger partial charge in [0.25, 0.3) is 0 Å². The van der Waals surface area contributed by atoms with Crippen molar-refractivity contribution in [1.82, 2.24) is 10.2 Å². The molecular weight excluding hydrogens is 231 g/mol. The second-order valence-corrected chi connectivity index (χ2v) is 5.31. The average molecular weight is 250 g/mol. The number of fused-ring (bicyclic) bond motifs is 1. The normalized spacial score (nSPS) is 27.9. The monoisotopic (exact) mass is 250 g/mol. The van der Waals surface area contributed by atoms with Gasteiger partial charge in [-0.15, -0.1) is 0 Å². The largest absolute Gasteiger partial charge is 0.488 e. The summed E-state index contributed by atoms with van der Waals surface area (Å²) < 4.78 is 19.0. The third-order valence-electron chi connectivity index (χ3n) is 3.68. The summed E-state index contributed by atoms with van der Waals surface area (Å²) >= 11 is 0. The van der Waals surface area contributed by atoms with E-state index in [0.717, 1.165) is 43.9 Å². The van der Waals surface area contributed by atoms with E-state index >= 15 is 0 Å². The Labute approximate surface area is 107 Å². The lowest BCUT2D eigenvalue weighted by molar-refractivity contribution is 0.126. The van der Waals surface area contributed by atoms with E-state index in [0.29, 0.717) is 6.04 Å². The molecule has 2 heterocycles. The smallest absolute Gasteiger partial charge is 0.123 e. The summed E-state index contributed by atoms with van der Waals surface area (Å²) in [4.78, 5) is 2.42. The molecule has 1 aromatic rings. The summed E-state index contributed by atoms with van der Waals surface area (Å²) in [6.45, 7) is 6.29. The van der Waals surface area contributed by atoms with Gasteiger partial charge in [-0.3, -0.25) is 4.90 Å². The second-order valence-electron chi connectivity index (χ2n) is 5.31. The van der Waals surface area contributed by atoms with Crippen molar-refractivity contribution in [3.8, 4) is 5.75 Å². The molecule has 0 aromatic heterocycles. The topological polar surface area (TPSA) is 24.5 Å². The summed E-state index contributed by atoms with van der Waals surface area (Å²) in [5.41, 5.74) is 1.00. The first-order valence-electron chi connectivity index (χ1n) is 6.61. The van der Waals surface area contributed by atoms with Crippen LogP contribution >= 0.6 is 0 Å². The predicted molar refractivity (Wildman–Crippen MR) is 68.4 cm³/mol. The molecule has 1 fully saturated rings. The highest BCUT2D eigenvalue weighted by atomic mass is 19.1. The molecular formula is C14H19FN2O. The molecule has 1 N–H and O–H groups in total. The number of nitrogens with one attached hydrogen (secondary N) is 1. The number of benzene rings is 1. The summed E-state index contributed by atoms with van der Waals surface area (Å²) in [6, 6.07) is 5.34. The maximum atomic E-state index is 13.1. The van der Waals surface area contributed by atoms with Crippen LogP contribution in [-0.4, -0.2) is 43.2 Å². The van der Waals surface area contributed by atoms with Crippen molar-refractivity contribution in [2.45, 2.75) is 25.5 Å². The highest BCUT2D eigenvalue weighted by molar-refractivity contribution is 5.37. The van der Waals surface area contributed by atoms with Crippen molar-refractivity contribution >= 4 is 0 Å². The number of hydrogen-bond donors (Lipinski definition) is 1. The minimum atomic E-state index is -0.172. The fourth-order valence-corrected chi connectivity index (χ4v) is 2.86. The number of hydrogen-bond acceptors (Lipinski definition) is 3. The van der Waals surface area contributed by atoms with Gasteiger partial charge >= 0.3 is 0 Å².